The van der Waals surface area contributed by atoms with Crippen LogP contribution in [-0.4, -0.2) is 23.6 Å². The third kappa shape index (κ3) is 2.47. The average Bonchev–Trinajstić information content (AvgIpc) is 2.09. The van der Waals surface area contributed by atoms with E-state index in [1.807, 2.05) is 26.4 Å². The quantitative estimate of drug-likeness (QED) is 0.688. The topological polar surface area (TPSA) is 49.8 Å². The van der Waals surface area contributed by atoms with Gasteiger partial charge in [-0.15, -0.1) is 0 Å². The second kappa shape index (κ2) is 4.66. The first-order chi connectivity index (χ1) is 5.86. The van der Waals surface area contributed by atoms with E-state index in [2.05, 4.69) is 20.6 Å². The van der Waals surface area contributed by atoms with E-state index in [4.69, 9.17) is 0 Å². The van der Waals surface area contributed by atoms with Crippen molar-refractivity contribution in [2.24, 2.45) is 0 Å². The molecular weight excluding hydrogens is 152 g/mol. The van der Waals surface area contributed by atoms with Gasteiger partial charge in [0.15, 0.2) is 0 Å². The van der Waals surface area contributed by atoms with Crippen molar-refractivity contribution in [2.75, 3.05) is 18.9 Å². The summed E-state index contributed by atoms with van der Waals surface area (Å²) >= 11 is 0. The zero-order valence-corrected chi connectivity index (χ0v) is 7.46. The minimum atomic E-state index is 0.692. The lowest BCUT2D eigenvalue weighted by Gasteiger charge is -2.01. The van der Waals surface area contributed by atoms with E-state index >= 15 is 0 Å². The fourth-order valence-electron chi connectivity index (χ4n) is 0.900. The Bertz CT molecular complexity index is 194. The molecular formula is C8H14N4. The summed E-state index contributed by atoms with van der Waals surface area (Å²) in [6, 6.07) is 0. The van der Waals surface area contributed by atoms with Gasteiger partial charge in [0.1, 0.15) is 0 Å². The Morgan fingerprint density at radius 1 is 1.33 bits per heavy atom. The first-order valence-electron chi connectivity index (χ1n) is 4.06. The van der Waals surface area contributed by atoms with Crippen LogP contribution in [0.5, 0.6) is 0 Å². The summed E-state index contributed by atoms with van der Waals surface area (Å²) in [4.78, 5) is 8.25. The number of nitrogens with zero attached hydrogens (tertiary/aromatic N) is 2. The van der Waals surface area contributed by atoms with Crippen LogP contribution >= 0.6 is 0 Å². The molecule has 0 saturated carbocycles. The van der Waals surface area contributed by atoms with Crippen LogP contribution in [0.2, 0.25) is 0 Å². The zero-order chi connectivity index (χ0) is 8.81. The minimum Gasteiger partial charge on any atom is -0.355 e. The lowest BCUT2D eigenvalue weighted by Crippen LogP contribution is -2.07. The molecule has 1 rings (SSSR count). The molecule has 0 unspecified atom stereocenters. The first-order valence-corrected chi connectivity index (χ1v) is 4.06. The van der Waals surface area contributed by atoms with Crippen molar-refractivity contribution in [2.45, 2.75) is 13.5 Å². The Morgan fingerprint density at radius 2 is 2.00 bits per heavy atom. The number of nitrogens with one attached hydrogen (secondary N) is 2. The van der Waals surface area contributed by atoms with Gasteiger partial charge in [-0.05, 0) is 14.0 Å². The molecule has 1 aromatic rings. The van der Waals surface area contributed by atoms with Crippen LogP contribution in [0.4, 0.5) is 5.95 Å². The van der Waals surface area contributed by atoms with Gasteiger partial charge in [0.2, 0.25) is 5.95 Å². The summed E-state index contributed by atoms with van der Waals surface area (Å²) in [5.74, 6) is 0.692. The lowest BCUT2D eigenvalue weighted by molar-refractivity contribution is 0.806. The van der Waals surface area contributed by atoms with Gasteiger partial charge in [-0.2, -0.15) is 0 Å². The van der Waals surface area contributed by atoms with Crippen molar-refractivity contribution in [1.82, 2.24) is 15.3 Å². The molecule has 4 heteroatoms. The zero-order valence-electron chi connectivity index (χ0n) is 7.46. The number of hydrogen-bond donors (Lipinski definition) is 2. The van der Waals surface area contributed by atoms with Gasteiger partial charge < -0.3 is 10.6 Å². The van der Waals surface area contributed by atoms with Gasteiger partial charge in [0, 0.05) is 31.0 Å². The molecule has 0 aliphatic carbocycles. The van der Waals surface area contributed by atoms with E-state index in [-0.39, 0.29) is 0 Å². The van der Waals surface area contributed by atoms with Crippen molar-refractivity contribution < 1.29 is 0 Å². The maximum atomic E-state index is 4.12. The molecule has 0 atom stereocenters. The Balaban J connectivity index is 2.58. The number of rotatable bonds is 4. The highest BCUT2D eigenvalue weighted by atomic mass is 15.1. The van der Waals surface area contributed by atoms with E-state index in [1.54, 1.807) is 0 Å². The molecule has 0 saturated heterocycles. The Morgan fingerprint density at radius 3 is 2.50 bits per heavy atom. The lowest BCUT2D eigenvalue weighted by atomic mass is 10.3. The summed E-state index contributed by atoms with van der Waals surface area (Å²) in [5, 5.41) is 6.07. The molecule has 0 aromatic carbocycles. The summed E-state index contributed by atoms with van der Waals surface area (Å²) < 4.78 is 0. The van der Waals surface area contributed by atoms with Gasteiger partial charge >= 0.3 is 0 Å². The number of aromatic nitrogens is 2. The van der Waals surface area contributed by atoms with Crippen LogP contribution in [0.15, 0.2) is 12.4 Å². The van der Waals surface area contributed by atoms with Gasteiger partial charge in [0.05, 0.1) is 0 Å². The monoisotopic (exact) mass is 166 g/mol. The van der Waals surface area contributed by atoms with E-state index in [0.29, 0.717) is 5.95 Å². The number of hydrogen-bond acceptors (Lipinski definition) is 4. The molecule has 0 fully saturated rings. The molecule has 0 aliphatic rings. The fraction of sp³-hybridized carbons (Fsp3) is 0.500. The highest BCUT2D eigenvalue weighted by Gasteiger charge is 1.93. The van der Waals surface area contributed by atoms with Crippen LogP contribution in [0.3, 0.4) is 0 Å². The third-order valence-electron chi connectivity index (χ3n) is 1.42. The predicted octanol–water partition coefficient (Wildman–Crippen LogP) is 0.628. The van der Waals surface area contributed by atoms with Gasteiger partial charge in [-0.25, -0.2) is 9.97 Å². The molecule has 4 nitrogen and oxygen atoms in total. The molecule has 1 heterocycles. The largest absolute Gasteiger partial charge is 0.355 e. The maximum absolute atomic E-state index is 4.12. The summed E-state index contributed by atoms with van der Waals surface area (Å²) in [5.41, 5.74) is 1.10. The van der Waals surface area contributed by atoms with E-state index in [0.717, 1.165) is 18.7 Å². The van der Waals surface area contributed by atoms with Crippen LogP contribution in [0.1, 0.15) is 12.5 Å². The fourth-order valence-corrected chi connectivity index (χ4v) is 0.900. The van der Waals surface area contributed by atoms with Crippen molar-refractivity contribution in [3.8, 4) is 0 Å². The van der Waals surface area contributed by atoms with Crippen LogP contribution in [0.25, 0.3) is 0 Å². The minimum absolute atomic E-state index is 0.692. The molecule has 2 N–H and O–H groups in total. The third-order valence-corrected chi connectivity index (χ3v) is 1.42. The smallest absolute Gasteiger partial charge is 0.222 e. The van der Waals surface area contributed by atoms with Crippen LogP contribution in [-0.2, 0) is 6.54 Å². The molecule has 0 spiro atoms. The molecule has 0 amide bonds. The predicted molar refractivity (Wildman–Crippen MR) is 49.0 cm³/mol. The van der Waals surface area contributed by atoms with Gasteiger partial charge in [0.25, 0.3) is 0 Å². The first kappa shape index (κ1) is 8.93. The Kier molecular flexibility index (Phi) is 3.47. The highest BCUT2D eigenvalue weighted by molar-refractivity contribution is 5.23. The molecule has 0 radical (unpaired) electrons. The van der Waals surface area contributed by atoms with Gasteiger partial charge in [-0.3, -0.25) is 0 Å². The van der Waals surface area contributed by atoms with Crippen molar-refractivity contribution in [1.29, 1.82) is 0 Å². The summed E-state index contributed by atoms with van der Waals surface area (Å²) in [7, 11) is 1.90. The maximum Gasteiger partial charge on any atom is 0.222 e. The average molecular weight is 166 g/mol. The van der Waals surface area contributed by atoms with E-state index in [1.165, 1.54) is 0 Å². The Hall–Kier alpha value is -1.16. The molecule has 12 heavy (non-hydrogen) atoms. The normalized spacial score (nSPS) is 9.83. The second-order valence-corrected chi connectivity index (χ2v) is 2.48. The van der Waals surface area contributed by atoms with E-state index in [9.17, 15) is 0 Å². The summed E-state index contributed by atoms with van der Waals surface area (Å²) in [6.45, 7) is 3.68. The summed E-state index contributed by atoms with van der Waals surface area (Å²) in [6.07, 6.45) is 3.64. The van der Waals surface area contributed by atoms with Gasteiger partial charge in [-0.1, -0.05) is 0 Å². The Labute approximate surface area is 72.4 Å². The van der Waals surface area contributed by atoms with Crippen LogP contribution < -0.4 is 10.6 Å². The number of anilines is 1. The SMILES string of the molecule is CCNc1ncc(CNC)cn1. The molecule has 1 aromatic heterocycles. The second-order valence-electron chi connectivity index (χ2n) is 2.48. The van der Waals surface area contributed by atoms with Crippen molar-refractivity contribution in [3.63, 3.8) is 0 Å². The van der Waals surface area contributed by atoms with Crippen molar-refractivity contribution in [3.05, 3.63) is 18.0 Å². The molecule has 0 aliphatic heterocycles. The van der Waals surface area contributed by atoms with E-state index < -0.39 is 0 Å². The highest BCUT2D eigenvalue weighted by Crippen LogP contribution is 1.98. The molecule has 0 bridgehead atoms. The molecule has 66 valence electrons. The van der Waals surface area contributed by atoms with Crippen LogP contribution in [0, 0.1) is 0 Å². The standard InChI is InChI=1S/C8H14N4/c1-3-10-8-11-5-7(4-9-2)6-12-8/h5-6,9H,3-4H2,1-2H3,(H,10,11,12). The van der Waals surface area contributed by atoms with Crippen molar-refractivity contribution >= 4 is 5.95 Å².